The average molecular weight is 335 g/mol. The summed E-state index contributed by atoms with van der Waals surface area (Å²) in [5, 5.41) is 3.25. The molecule has 0 spiro atoms. The van der Waals surface area contributed by atoms with E-state index in [1.165, 1.54) is 32.0 Å². The van der Waals surface area contributed by atoms with Gasteiger partial charge < -0.3 is 10.3 Å². The summed E-state index contributed by atoms with van der Waals surface area (Å²) < 4.78 is 0.461. The first-order chi connectivity index (χ1) is 8.72. The summed E-state index contributed by atoms with van der Waals surface area (Å²) in [5.74, 6) is 2.48. The van der Waals surface area contributed by atoms with Gasteiger partial charge in [-0.2, -0.15) is 0 Å². The van der Waals surface area contributed by atoms with E-state index in [0.29, 0.717) is 22.1 Å². The molecular formula is C12H17BrClN3O. The number of nitrogens with one attached hydrogen (secondary N) is 2. The Balaban J connectivity index is 1.98. The number of halogens is 2. The smallest absolute Gasteiger partial charge is 0.267 e. The average Bonchev–Trinajstić information content (AvgIpc) is 2.41. The molecular weight excluding hydrogens is 318 g/mol. The van der Waals surface area contributed by atoms with Crippen LogP contribution in [0.1, 0.15) is 25.7 Å². The molecule has 4 nitrogen and oxygen atoms in total. The van der Waals surface area contributed by atoms with Crippen LogP contribution in [-0.2, 0) is 0 Å². The van der Waals surface area contributed by atoms with Crippen LogP contribution in [0.5, 0.6) is 0 Å². The van der Waals surface area contributed by atoms with Gasteiger partial charge in [0.25, 0.3) is 5.56 Å². The standard InChI is InChI=1S/C12H17BrClN3O/c13-10-11(16-7-17-12(10)18)15-6-9-4-2-1-3-8(9)5-14/h7-9H,1-6H2,(H2,15,16,17,18). The number of H-pyrrole nitrogens is 1. The third kappa shape index (κ3) is 3.26. The van der Waals surface area contributed by atoms with Gasteiger partial charge in [0.15, 0.2) is 0 Å². The van der Waals surface area contributed by atoms with Gasteiger partial charge in [-0.15, -0.1) is 11.6 Å². The Morgan fingerprint density at radius 2 is 2.17 bits per heavy atom. The number of nitrogens with zero attached hydrogens (tertiary/aromatic N) is 1. The number of aromatic amines is 1. The molecule has 1 aromatic rings. The number of aromatic nitrogens is 2. The maximum absolute atomic E-state index is 11.4. The van der Waals surface area contributed by atoms with Crippen molar-refractivity contribution in [1.82, 2.24) is 9.97 Å². The van der Waals surface area contributed by atoms with E-state index in [4.69, 9.17) is 11.6 Å². The molecule has 2 rings (SSSR count). The summed E-state index contributed by atoms with van der Waals surface area (Å²) in [6.07, 6.45) is 6.37. The van der Waals surface area contributed by atoms with Crippen LogP contribution in [0.3, 0.4) is 0 Å². The largest absolute Gasteiger partial charge is 0.369 e. The summed E-state index contributed by atoms with van der Waals surface area (Å²) >= 11 is 9.25. The van der Waals surface area contributed by atoms with Gasteiger partial charge in [0.05, 0.1) is 6.33 Å². The Kier molecular flexibility index (Phi) is 5.06. The molecule has 0 amide bonds. The Labute approximate surface area is 120 Å². The molecule has 18 heavy (non-hydrogen) atoms. The number of alkyl halides is 1. The van der Waals surface area contributed by atoms with Crippen LogP contribution in [0.2, 0.25) is 0 Å². The lowest BCUT2D eigenvalue weighted by Gasteiger charge is -2.30. The zero-order valence-corrected chi connectivity index (χ0v) is 12.4. The number of hydrogen-bond acceptors (Lipinski definition) is 3. The normalized spacial score (nSPS) is 23.9. The SMILES string of the molecule is O=c1[nH]cnc(NCC2CCCCC2CCl)c1Br. The van der Waals surface area contributed by atoms with E-state index in [9.17, 15) is 4.79 Å². The molecule has 2 atom stereocenters. The van der Waals surface area contributed by atoms with Crippen molar-refractivity contribution in [2.24, 2.45) is 11.8 Å². The lowest BCUT2D eigenvalue weighted by molar-refractivity contribution is 0.272. The second kappa shape index (κ2) is 6.57. The zero-order chi connectivity index (χ0) is 13.0. The number of anilines is 1. The van der Waals surface area contributed by atoms with Crippen LogP contribution in [0.25, 0.3) is 0 Å². The highest BCUT2D eigenvalue weighted by Crippen LogP contribution is 2.31. The third-order valence-electron chi connectivity index (χ3n) is 3.59. The predicted molar refractivity (Wildman–Crippen MR) is 77.2 cm³/mol. The first-order valence-corrected chi connectivity index (χ1v) is 7.58. The van der Waals surface area contributed by atoms with Gasteiger partial charge in [-0.25, -0.2) is 4.98 Å². The van der Waals surface area contributed by atoms with E-state index >= 15 is 0 Å². The topological polar surface area (TPSA) is 57.8 Å². The molecule has 1 aromatic heterocycles. The van der Waals surface area contributed by atoms with Crippen molar-refractivity contribution in [3.63, 3.8) is 0 Å². The van der Waals surface area contributed by atoms with Gasteiger partial charge in [-0.3, -0.25) is 4.79 Å². The van der Waals surface area contributed by atoms with Crippen LogP contribution in [-0.4, -0.2) is 22.4 Å². The van der Waals surface area contributed by atoms with Gasteiger partial charge in [-0.05, 0) is 40.6 Å². The molecule has 1 aliphatic rings. The summed E-state index contributed by atoms with van der Waals surface area (Å²) in [6, 6.07) is 0. The van der Waals surface area contributed by atoms with Gasteiger partial charge in [0, 0.05) is 12.4 Å². The van der Waals surface area contributed by atoms with Gasteiger partial charge in [0.1, 0.15) is 10.3 Å². The van der Waals surface area contributed by atoms with Crippen molar-refractivity contribution in [3.8, 4) is 0 Å². The molecule has 0 aromatic carbocycles. The van der Waals surface area contributed by atoms with E-state index < -0.39 is 0 Å². The first-order valence-electron chi connectivity index (χ1n) is 6.25. The van der Waals surface area contributed by atoms with E-state index in [2.05, 4.69) is 31.2 Å². The summed E-state index contributed by atoms with van der Waals surface area (Å²) in [5.41, 5.74) is -0.162. The number of hydrogen-bond donors (Lipinski definition) is 2. The molecule has 0 radical (unpaired) electrons. The van der Waals surface area contributed by atoms with Gasteiger partial charge in [0.2, 0.25) is 0 Å². The van der Waals surface area contributed by atoms with E-state index in [0.717, 1.165) is 12.4 Å². The van der Waals surface area contributed by atoms with Crippen molar-refractivity contribution in [1.29, 1.82) is 0 Å². The molecule has 0 bridgehead atoms. The fourth-order valence-electron chi connectivity index (χ4n) is 2.49. The highest BCUT2D eigenvalue weighted by Gasteiger charge is 2.24. The van der Waals surface area contributed by atoms with Crippen molar-refractivity contribution < 1.29 is 0 Å². The van der Waals surface area contributed by atoms with E-state index in [1.807, 2.05) is 0 Å². The maximum Gasteiger partial charge on any atom is 0.267 e. The van der Waals surface area contributed by atoms with Crippen LogP contribution >= 0.6 is 27.5 Å². The van der Waals surface area contributed by atoms with Crippen LogP contribution in [0.4, 0.5) is 5.82 Å². The van der Waals surface area contributed by atoms with Crippen LogP contribution in [0, 0.1) is 11.8 Å². The highest BCUT2D eigenvalue weighted by atomic mass is 79.9. The van der Waals surface area contributed by atoms with Gasteiger partial charge in [-0.1, -0.05) is 12.8 Å². The molecule has 0 aliphatic heterocycles. The lowest BCUT2D eigenvalue weighted by atomic mass is 9.80. The Morgan fingerprint density at radius 3 is 2.89 bits per heavy atom. The highest BCUT2D eigenvalue weighted by molar-refractivity contribution is 9.10. The Hall–Kier alpha value is -0.550. The molecule has 1 saturated carbocycles. The minimum Gasteiger partial charge on any atom is -0.369 e. The monoisotopic (exact) mass is 333 g/mol. The molecule has 2 N–H and O–H groups in total. The molecule has 0 saturated heterocycles. The van der Waals surface area contributed by atoms with Crippen molar-refractivity contribution in [2.45, 2.75) is 25.7 Å². The quantitative estimate of drug-likeness (QED) is 0.832. The molecule has 6 heteroatoms. The van der Waals surface area contributed by atoms with Crippen LogP contribution in [0.15, 0.2) is 15.6 Å². The Bertz CT molecular complexity index is 451. The van der Waals surface area contributed by atoms with E-state index in [-0.39, 0.29) is 5.56 Å². The summed E-state index contributed by atoms with van der Waals surface area (Å²) in [6.45, 7) is 0.826. The van der Waals surface area contributed by atoms with E-state index in [1.54, 1.807) is 0 Å². The molecule has 2 unspecified atom stereocenters. The summed E-state index contributed by atoms with van der Waals surface area (Å²) in [4.78, 5) is 18.1. The fraction of sp³-hybridized carbons (Fsp3) is 0.667. The minimum absolute atomic E-state index is 0.162. The van der Waals surface area contributed by atoms with Crippen molar-refractivity contribution in [3.05, 3.63) is 21.2 Å². The number of rotatable bonds is 4. The van der Waals surface area contributed by atoms with Crippen molar-refractivity contribution >= 4 is 33.3 Å². The first kappa shape index (κ1) is 13.9. The second-order valence-corrected chi connectivity index (χ2v) is 5.84. The molecule has 100 valence electrons. The van der Waals surface area contributed by atoms with Crippen LogP contribution < -0.4 is 10.9 Å². The maximum atomic E-state index is 11.4. The molecule has 1 aliphatic carbocycles. The van der Waals surface area contributed by atoms with Gasteiger partial charge >= 0.3 is 0 Å². The van der Waals surface area contributed by atoms with Crippen molar-refractivity contribution in [2.75, 3.05) is 17.7 Å². The second-order valence-electron chi connectivity index (χ2n) is 4.73. The zero-order valence-electron chi connectivity index (χ0n) is 10.1. The minimum atomic E-state index is -0.162. The Morgan fingerprint density at radius 1 is 1.44 bits per heavy atom. The third-order valence-corrected chi connectivity index (χ3v) is 4.73. The summed E-state index contributed by atoms with van der Waals surface area (Å²) in [7, 11) is 0. The lowest BCUT2D eigenvalue weighted by Crippen LogP contribution is -2.28. The molecule has 1 heterocycles. The molecule has 1 fully saturated rings. The predicted octanol–water partition coefficient (Wildman–Crippen LogP) is 2.99. The fourth-order valence-corrected chi connectivity index (χ4v) is 3.25.